The van der Waals surface area contributed by atoms with Crippen molar-refractivity contribution in [1.82, 2.24) is 4.90 Å². The third kappa shape index (κ3) is 4.51. The molecular formula is C15H24F2N2O. The van der Waals surface area contributed by atoms with Crippen LogP contribution in [0.4, 0.5) is 8.78 Å². The second kappa shape index (κ2) is 8.29. The number of nitrogens with two attached hydrogens (primary N) is 1. The van der Waals surface area contributed by atoms with Crippen molar-refractivity contribution >= 4 is 0 Å². The Bertz CT molecular complexity index is 395. The van der Waals surface area contributed by atoms with Gasteiger partial charge in [0, 0.05) is 38.3 Å². The summed E-state index contributed by atoms with van der Waals surface area (Å²) in [6.45, 7) is 5.68. The number of rotatable bonds is 8. The summed E-state index contributed by atoms with van der Waals surface area (Å²) in [5, 5.41) is 0. The molecule has 0 heterocycles. The Morgan fingerprint density at radius 1 is 1.25 bits per heavy atom. The highest BCUT2D eigenvalue weighted by Crippen LogP contribution is 2.24. The van der Waals surface area contributed by atoms with Crippen LogP contribution < -0.4 is 5.73 Å². The van der Waals surface area contributed by atoms with Crippen molar-refractivity contribution in [1.29, 1.82) is 0 Å². The fraction of sp³-hybridized carbons (Fsp3) is 0.600. The molecule has 0 aliphatic rings. The van der Waals surface area contributed by atoms with Gasteiger partial charge < -0.3 is 10.5 Å². The molecule has 0 saturated carbocycles. The van der Waals surface area contributed by atoms with Crippen LogP contribution in [-0.4, -0.2) is 37.7 Å². The van der Waals surface area contributed by atoms with Gasteiger partial charge in [-0.25, -0.2) is 8.78 Å². The lowest BCUT2D eigenvalue weighted by Gasteiger charge is -2.35. The number of benzene rings is 1. The lowest BCUT2D eigenvalue weighted by atomic mass is 10.0. The van der Waals surface area contributed by atoms with Gasteiger partial charge in [0.05, 0.1) is 6.61 Å². The molecule has 1 aromatic carbocycles. The molecular weight excluding hydrogens is 262 g/mol. The molecule has 0 aromatic heterocycles. The molecule has 0 aliphatic carbocycles. The predicted octanol–water partition coefficient (Wildman–Crippen LogP) is 2.71. The molecule has 5 heteroatoms. The van der Waals surface area contributed by atoms with Crippen molar-refractivity contribution < 1.29 is 13.5 Å². The first-order chi connectivity index (χ1) is 9.53. The Hall–Kier alpha value is -1.04. The third-order valence-corrected chi connectivity index (χ3v) is 3.60. The van der Waals surface area contributed by atoms with Crippen molar-refractivity contribution in [2.75, 3.05) is 26.8 Å². The minimum absolute atomic E-state index is 0.217. The van der Waals surface area contributed by atoms with Crippen LogP contribution in [0.1, 0.15) is 31.9 Å². The zero-order chi connectivity index (χ0) is 15.1. The van der Waals surface area contributed by atoms with Gasteiger partial charge in [0.25, 0.3) is 0 Å². The average Bonchev–Trinajstić information content (AvgIpc) is 2.41. The first-order valence-electron chi connectivity index (χ1n) is 6.94. The third-order valence-electron chi connectivity index (χ3n) is 3.60. The molecule has 2 atom stereocenters. The monoisotopic (exact) mass is 286 g/mol. The summed E-state index contributed by atoms with van der Waals surface area (Å²) in [4.78, 5) is 2.14. The molecule has 114 valence electrons. The summed E-state index contributed by atoms with van der Waals surface area (Å²) >= 11 is 0. The van der Waals surface area contributed by atoms with Gasteiger partial charge in [-0.15, -0.1) is 0 Å². The largest absolute Gasteiger partial charge is 0.383 e. The van der Waals surface area contributed by atoms with E-state index in [0.717, 1.165) is 12.5 Å². The molecule has 1 rings (SSSR count). The van der Waals surface area contributed by atoms with E-state index in [4.69, 9.17) is 10.5 Å². The van der Waals surface area contributed by atoms with Crippen molar-refractivity contribution in [2.24, 2.45) is 5.73 Å². The SMILES string of the molecule is CCC(C)N(CCOC)C(CN)c1cc(F)cc(F)c1. The fourth-order valence-electron chi connectivity index (χ4n) is 2.35. The molecule has 3 nitrogen and oxygen atoms in total. The summed E-state index contributed by atoms with van der Waals surface area (Å²) in [5.74, 6) is -1.15. The number of nitrogens with zero attached hydrogens (tertiary/aromatic N) is 1. The van der Waals surface area contributed by atoms with Crippen LogP contribution in [0.2, 0.25) is 0 Å². The molecule has 2 unspecified atom stereocenters. The van der Waals surface area contributed by atoms with E-state index in [9.17, 15) is 8.78 Å². The Labute approximate surface area is 119 Å². The van der Waals surface area contributed by atoms with Gasteiger partial charge in [-0.1, -0.05) is 6.92 Å². The first kappa shape index (κ1) is 17.0. The molecule has 0 amide bonds. The minimum atomic E-state index is -0.575. The molecule has 0 radical (unpaired) electrons. The summed E-state index contributed by atoms with van der Waals surface area (Å²) in [6, 6.07) is 3.61. The molecule has 0 spiro atoms. The average molecular weight is 286 g/mol. The highest BCUT2D eigenvalue weighted by atomic mass is 19.1. The molecule has 0 saturated heterocycles. The summed E-state index contributed by atoms with van der Waals surface area (Å²) < 4.78 is 31.9. The van der Waals surface area contributed by atoms with Gasteiger partial charge in [-0.3, -0.25) is 4.90 Å². The second-order valence-corrected chi connectivity index (χ2v) is 4.94. The Balaban J connectivity index is 3.04. The zero-order valence-electron chi connectivity index (χ0n) is 12.4. The Morgan fingerprint density at radius 2 is 1.85 bits per heavy atom. The maximum Gasteiger partial charge on any atom is 0.126 e. The normalized spacial score (nSPS) is 14.6. The van der Waals surface area contributed by atoms with Gasteiger partial charge in [-0.05, 0) is 31.0 Å². The van der Waals surface area contributed by atoms with Crippen LogP contribution >= 0.6 is 0 Å². The van der Waals surface area contributed by atoms with Crippen LogP contribution in [0.3, 0.4) is 0 Å². The van der Waals surface area contributed by atoms with Gasteiger partial charge in [0.1, 0.15) is 11.6 Å². The van der Waals surface area contributed by atoms with Crippen LogP contribution in [0.25, 0.3) is 0 Å². The lowest BCUT2D eigenvalue weighted by molar-refractivity contribution is 0.0900. The van der Waals surface area contributed by atoms with Crippen LogP contribution in [0.15, 0.2) is 18.2 Å². The molecule has 2 N–H and O–H groups in total. The molecule has 0 bridgehead atoms. The molecule has 1 aromatic rings. The minimum Gasteiger partial charge on any atom is -0.383 e. The first-order valence-corrected chi connectivity index (χ1v) is 6.94. The van der Waals surface area contributed by atoms with Gasteiger partial charge in [-0.2, -0.15) is 0 Å². The Morgan fingerprint density at radius 3 is 2.30 bits per heavy atom. The molecule has 20 heavy (non-hydrogen) atoms. The smallest absolute Gasteiger partial charge is 0.126 e. The van der Waals surface area contributed by atoms with Crippen molar-refractivity contribution in [2.45, 2.75) is 32.4 Å². The van der Waals surface area contributed by atoms with Gasteiger partial charge in [0.2, 0.25) is 0 Å². The highest BCUT2D eigenvalue weighted by Gasteiger charge is 2.23. The van der Waals surface area contributed by atoms with E-state index in [2.05, 4.69) is 18.7 Å². The maximum absolute atomic E-state index is 13.4. The number of hydrogen-bond donors (Lipinski definition) is 1. The number of methoxy groups -OCH3 is 1. The zero-order valence-corrected chi connectivity index (χ0v) is 12.4. The maximum atomic E-state index is 13.4. The fourth-order valence-corrected chi connectivity index (χ4v) is 2.35. The lowest BCUT2D eigenvalue weighted by Crippen LogP contribution is -2.41. The number of hydrogen-bond acceptors (Lipinski definition) is 3. The van der Waals surface area contributed by atoms with E-state index >= 15 is 0 Å². The second-order valence-electron chi connectivity index (χ2n) is 4.94. The quantitative estimate of drug-likeness (QED) is 0.798. The van der Waals surface area contributed by atoms with Crippen LogP contribution in [0, 0.1) is 11.6 Å². The highest BCUT2D eigenvalue weighted by molar-refractivity contribution is 5.22. The van der Waals surface area contributed by atoms with E-state index in [0.29, 0.717) is 25.3 Å². The van der Waals surface area contributed by atoms with E-state index in [-0.39, 0.29) is 12.1 Å². The van der Waals surface area contributed by atoms with Crippen molar-refractivity contribution in [3.63, 3.8) is 0 Å². The van der Waals surface area contributed by atoms with E-state index in [1.54, 1.807) is 7.11 Å². The van der Waals surface area contributed by atoms with E-state index < -0.39 is 11.6 Å². The van der Waals surface area contributed by atoms with E-state index in [1.165, 1.54) is 12.1 Å². The Kier molecular flexibility index (Phi) is 7.05. The van der Waals surface area contributed by atoms with Crippen molar-refractivity contribution in [3.05, 3.63) is 35.4 Å². The number of halogens is 2. The van der Waals surface area contributed by atoms with Crippen LogP contribution in [-0.2, 0) is 4.74 Å². The summed E-state index contributed by atoms with van der Waals surface area (Å²) in [7, 11) is 1.63. The van der Waals surface area contributed by atoms with Gasteiger partial charge >= 0.3 is 0 Å². The molecule has 0 aliphatic heterocycles. The summed E-state index contributed by atoms with van der Waals surface area (Å²) in [5.41, 5.74) is 6.41. The van der Waals surface area contributed by atoms with Gasteiger partial charge in [0.15, 0.2) is 0 Å². The predicted molar refractivity (Wildman–Crippen MR) is 76.5 cm³/mol. The molecule has 0 fully saturated rings. The number of ether oxygens (including phenoxy) is 1. The summed E-state index contributed by atoms with van der Waals surface area (Å²) in [6.07, 6.45) is 0.929. The van der Waals surface area contributed by atoms with Crippen molar-refractivity contribution in [3.8, 4) is 0 Å². The van der Waals surface area contributed by atoms with E-state index in [1.807, 2.05) is 0 Å². The standard InChI is InChI=1S/C15H24F2N2O/c1-4-11(2)19(5-6-20-3)15(10-18)12-7-13(16)9-14(17)8-12/h7-9,11,15H,4-6,10,18H2,1-3H3. The van der Waals surface area contributed by atoms with Crippen LogP contribution in [0.5, 0.6) is 0 Å². The topological polar surface area (TPSA) is 38.5 Å².